The lowest BCUT2D eigenvalue weighted by Gasteiger charge is -2.14. The van der Waals surface area contributed by atoms with E-state index >= 15 is 0 Å². The summed E-state index contributed by atoms with van der Waals surface area (Å²) in [6, 6.07) is 9.76. The lowest BCUT2D eigenvalue weighted by Crippen LogP contribution is -2.24. The smallest absolute Gasteiger partial charge is 0.344 e. The van der Waals surface area contributed by atoms with Crippen LogP contribution in [0, 0.1) is 0 Å². The molecular formula is C18H19NO5. The number of rotatable bonds is 7. The van der Waals surface area contributed by atoms with Crippen LogP contribution in [-0.2, 0) is 4.74 Å². The van der Waals surface area contributed by atoms with Crippen molar-refractivity contribution in [1.29, 1.82) is 0 Å². The van der Waals surface area contributed by atoms with E-state index in [0.717, 1.165) is 0 Å². The van der Waals surface area contributed by atoms with E-state index in [1.807, 2.05) is 0 Å². The highest BCUT2D eigenvalue weighted by Gasteiger charge is 2.23. The summed E-state index contributed by atoms with van der Waals surface area (Å²) in [6.45, 7) is 3.69. The minimum absolute atomic E-state index is 0.189. The summed E-state index contributed by atoms with van der Waals surface area (Å²) in [7, 11) is 1.55. The predicted molar refractivity (Wildman–Crippen MR) is 87.6 cm³/mol. The minimum Gasteiger partial charge on any atom is -0.497 e. The van der Waals surface area contributed by atoms with E-state index < -0.39 is 12.1 Å². The van der Waals surface area contributed by atoms with Crippen molar-refractivity contribution in [1.82, 2.24) is 4.98 Å². The number of hydrogen-bond acceptors (Lipinski definition) is 6. The van der Waals surface area contributed by atoms with Crippen molar-refractivity contribution >= 4 is 11.8 Å². The third-order valence-electron chi connectivity index (χ3n) is 3.30. The van der Waals surface area contributed by atoms with Gasteiger partial charge in [0.2, 0.25) is 11.7 Å². The van der Waals surface area contributed by atoms with Gasteiger partial charge in [0.25, 0.3) is 0 Å². The molecule has 2 rings (SSSR count). The quantitative estimate of drug-likeness (QED) is 0.574. The van der Waals surface area contributed by atoms with Crippen LogP contribution >= 0.6 is 0 Å². The summed E-state index contributed by atoms with van der Waals surface area (Å²) in [5.74, 6) is -0.115. The summed E-state index contributed by atoms with van der Waals surface area (Å²) in [6.07, 6.45) is 0.592. The number of esters is 1. The number of ether oxygens (including phenoxy) is 3. The van der Waals surface area contributed by atoms with E-state index in [-0.39, 0.29) is 17.2 Å². The molecule has 0 radical (unpaired) electrons. The Balaban J connectivity index is 2.09. The van der Waals surface area contributed by atoms with Crippen LogP contribution < -0.4 is 9.47 Å². The topological polar surface area (TPSA) is 74.7 Å². The maximum Gasteiger partial charge on any atom is 0.344 e. The number of carbonyl (C=O) groups excluding carboxylic acids is 2. The molecule has 0 spiro atoms. The zero-order valence-electron chi connectivity index (χ0n) is 13.8. The maximum absolute atomic E-state index is 12.4. The van der Waals surface area contributed by atoms with Crippen LogP contribution in [0.25, 0.3) is 0 Å². The molecule has 0 amide bonds. The highest BCUT2D eigenvalue weighted by atomic mass is 16.5. The minimum atomic E-state index is -0.930. The summed E-state index contributed by atoms with van der Waals surface area (Å²) in [5, 5.41) is 0. The van der Waals surface area contributed by atoms with Crippen molar-refractivity contribution in [3.05, 3.63) is 53.7 Å². The van der Waals surface area contributed by atoms with Crippen molar-refractivity contribution < 1.29 is 23.8 Å². The van der Waals surface area contributed by atoms with E-state index in [0.29, 0.717) is 17.9 Å². The highest BCUT2D eigenvalue weighted by molar-refractivity contribution is 6.01. The predicted octanol–water partition coefficient (Wildman–Crippen LogP) is 2.92. The standard InChI is InChI=1S/C18H19NO5/c1-4-23-17-15(6-5-11-19-17)18(21)24-12(2)16(20)13-7-9-14(22-3)10-8-13/h5-12H,4H2,1-3H3. The molecule has 0 aliphatic carbocycles. The molecule has 1 heterocycles. The van der Waals surface area contributed by atoms with Gasteiger partial charge in [-0.05, 0) is 50.2 Å². The molecule has 126 valence electrons. The van der Waals surface area contributed by atoms with Gasteiger partial charge >= 0.3 is 5.97 Å². The van der Waals surface area contributed by atoms with Gasteiger partial charge in [0.1, 0.15) is 11.3 Å². The van der Waals surface area contributed by atoms with Crippen LogP contribution in [0.1, 0.15) is 34.6 Å². The fourth-order valence-electron chi connectivity index (χ4n) is 2.07. The third kappa shape index (κ3) is 4.10. The molecule has 6 heteroatoms. The Morgan fingerprint density at radius 1 is 1.17 bits per heavy atom. The molecule has 1 unspecified atom stereocenters. The van der Waals surface area contributed by atoms with E-state index in [9.17, 15) is 9.59 Å². The van der Waals surface area contributed by atoms with Crippen LogP contribution in [0.5, 0.6) is 11.6 Å². The first-order valence-electron chi connectivity index (χ1n) is 7.53. The molecular weight excluding hydrogens is 310 g/mol. The largest absolute Gasteiger partial charge is 0.497 e. The first kappa shape index (κ1) is 17.5. The molecule has 0 saturated heterocycles. The Hall–Kier alpha value is -2.89. The van der Waals surface area contributed by atoms with Crippen LogP contribution in [0.3, 0.4) is 0 Å². The normalized spacial score (nSPS) is 11.5. The second kappa shape index (κ2) is 8.10. The summed E-state index contributed by atoms with van der Waals surface area (Å²) in [4.78, 5) is 28.6. The van der Waals surface area contributed by atoms with Crippen LogP contribution in [0.4, 0.5) is 0 Å². The van der Waals surface area contributed by atoms with E-state index in [1.54, 1.807) is 50.4 Å². The van der Waals surface area contributed by atoms with Gasteiger partial charge in [-0.2, -0.15) is 0 Å². The van der Waals surface area contributed by atoms with Gasteiger partial charge in [0.05, 0.1) is 13.7 Å². The highest BCUT2D eigenvalue weighted by Crippen LogP contribution is 2.18. The average Bonchev–Trinajstić information content (AvgIpc) is 2.61. The van der Waals surface area contributed by atoms with Crippen molar-refractivity contribution in [2.45, 2.75) is 20.0 Å². The third-order valence-corrected chi connectivity index (χ3v) is 3.30. The Bertz CT molecular complexity index is 712. The first-order valence-corrected chi connectivity index (χ1v) is 7.53. The lowest BCUT2D eigenvalue weighted by molar-refractivity contribution is 0.0314. The van der Waals surface area contributed by atoms with Crippen molar-refractivity contribution in [2.75, 3.05) is 13.7 Å². The monoisotopic (exact) mass is 329 g/mol. The average molecular weight is 329 g/mol. The molecule has 1 aromatic carbocycles. The van der Waals surface area contributed by atoms with Crippen molar-refractivity contribution in [2.24, 2.45) is 0 Å². The zero-order chi connectivity index (χ0) is 17.5. The number of nitrogens with zero attached hydrogens (tertiary/aromatic N) is 1. The Morgan fingerprint density at radius 3 is 2.50 bits per heavy atom. The fraction of sp³-hybridized carbons (Fsp3) is 0.278. The van der Waals surface area contributed by atoms with Gasteiger partial charge in [-0.1, -0.05) is 0 Å². The van der Waals surface area contributed by atoms with E-state index in [2.05, 4.69) is 4.98 Å². The van der Waals surface area contributed by atoms with Gasteiger partial charge in [0.15, 0.2) is 6.10 Å². The van der Waals surface area contributed by atoms with Gasteiger partial charge in [-0.15, -0.1) is 0 Å². The molecule has 0 aliphatic rings. The number of benzene rings is 1. The second-order valence-electron chi connectivity index (χ2n) is 4.93. The van der Waals surface area contributed by atoms with Gasteiger partial charge < -0.3 is 14.2 Å². The number of Topliss-reactive ketones (excluding diaryl/α,β-unsaturated/α-hetero) is 1. The Labute approximate surface area is 140 Å². The number of ketones is 1. The maximum atomic E-state index is 12.4. The van der Waals surface area contributed by atoms with Crippen LogP contribution in [0.15, 0.2) is 42.6 Å². The molecule has 0 fully saturated rings. The number of aromatic nitrogens is 1. The van der Waals surface area contributed by atoms with Gasteiger partial charge in [0, 0.05) is 11.8 Å². The molecule has 6 nitrogen and oxygen atoms in total. The van der Waals surface area contributed by atoms with Gasteiger partial charge in [-0.3, -0.25) is 4.79 Å². The van der Waals surface area contributed by atoms with Crippen molar-refractivity contribution in [3.8, 4) is 11.6 Å². The fourth-order valence-corrected chi connectivity index (χ4v) is 2.07. The second-order valence-corrected chi connectivity index (χ2v) is 4.93. The molecule has 0 aliphatic heterocycles. The van der Waals surface area contributed by atoms with Gasteiger partial charge in [-0.25, -0.2) is 9.78 Å². The van der Waals surface area contributed by atoms with Crippen LogP contribution in [0.2, 0.25) is 0 Å². The molecule has 0 bridgehead atoms. The van der Waals surface area contributed by atoms with E-state index in [4.69, 9.17) is 14.2 Å². The number of methoxy groups -OCH3 is 1. The number of carbonyl (C=O) groups is 2. The SMILES string of the molecule is CCOc1ncccc1C(=O)OC(C)C(=O)c1ccc(OC)cc1. The van der Waals surface area contributed by atoms with E-state index in [1.165, 1.54) is 13.1 Å². The lowest BCUT2D eigenvalue weighted by atomic mass is 10.1. The molecule has 1 aromatic heterocycles. The zero-order valence-corrected chi connectivity index (χ0v) is 13.8. The molecule has 2 aromatic rings. The Morgan fingerprint density at radius 2 is 1.88 bits per heavy atom. The summed E-state index contributed by atoms with van der Waals surface area (Å²) >= 11 is 0. The Kier molecular flexibility index (Phi) is 5.89. The number of pyridine rings is 1. The number of hydrogen-bond donors (Lipinski definition) is 0. The molecule has 24 heavy (non-hydrogen) atoms. The summed E-state index contributed by atoms with van der Waals surface area (Å²) < 4.78 is 15.6. The first-order chi connectivity index (χ1) is 11.6. The molecule has 0 saturated carbocycles. The van der Waals surface area contributed by atoms with Crippen LogP contribution in [-0.4, -0.2) is 36.6 Å². The summed E-state index contributed by atoms with van der Waals surface area (Å²) in [5.41, 5.74) is 0.626. The van der Waals surface area contributed by atoms with Crippen molar-refractivity contribution in [3.63, 3.8) is 0 Å². The molecule has 0 N–H and O–H groups in total. The molecule has 1 atom stereocenters.